The van der Waals surface area contributed by atoms with Gasteiger partial charge in [0.25, 0.3) is 0 Å². The minimum absolute atomic E-state index is 0.123. The van der Waals surface area contributed by atoms with Crippen molar-refractivity contribution < 1.29 is 4.74 Å². The Hall–Kier alpha value is -0.560. The number of hydrogen-bond donors (Lipinski definition) is 0. The van der Waals surface area contributed by atoms with Crippen LogP contribution in [0.2, 0.25) is 0 Å². The van der Waals surface area contributed by atoms with E-state index in [1.807, 2.05) is 0 Å². The van der Waals surface area contributed by atoms with E-state index in [-0.39, 0.29) is 5.41 Å². The van der Waals surface area contributed by atoms with Crippen LogP contribution in [-0.2, 0) is 4.74 Å². The van der Waals surface area contributed by atoms with E-state index >= 15 is 0 Å². The molecule has 0 aromatic carbocycles. The lowest BCUT2D eigenvalue weighted by Crippen LogP contribution is -2.53. The van der Waals surface area contributed by atoms with Crippen LogP contribution in [0.4, 0.5) is 0 Å². The summed E-state index contributed by atoms with van der Waals surface area (Å²) in [6.45, 7) is 21.0. The van der Waals surface area contributed by atoms with Gasteiger partial charge in [-0.2, -0.15) is 0 Å². The van der Waals surface area contributed by atoms with Gasteiger partial charge in [-0.1, -0.05) is 5.92 Å². The summed E-state index contributed by atoms with van der Waals surface area (Å²) in [5.41, 5.74) is 0.433. The molecule has 0 saturated carbocycles. The molecule has 0 amide bonds. The molecule has 3 nitrogen and oxygen atoms in total. The van der Waals surface area contributed by atoms with Crippen molar-refractivity contribution in [2.45, 2.75) is 66.3 Å². The first-order chi connectivity index (χ1) is 10.7. The van der Waals surface area contributed by atoms with E-state index in [1.54, 1.807) is 0 Å². The third-order valence-corrected chi connectivity index (χ3v) is 4.14. The average molecular weight is 323 g/mol. The smallest absolute Gasteiger partial charge is 0.0478 e. The highest BCUT2D eigenvalue weighted by Gasteiger charge is 2.25. The molecule has 1 saturated heterocycles. The van der Waals surface area contributed by atoms with Crippen LogP contribution in [0.1, 0.15) is 60.8 Å². The van der Waals surface area contributed by atoms with E-state index in [9.17, 15) is 0 Å². The normalized spacial score (nSPS) is 17.8. The number of rotatable bonds is 7. The highest BCUT2D eigenvalue weighted by molar-refractivity contribution is 5.06. The fourth-order valence-corrected chi connectivity index (χ4v) is 2.72. The second-order valence-corrected chi connectivity index (χ2v) is 8.62. The molecule has 0 atom stereocenters. The van der Waals surface area contributed by atoms with Crippen LogP contribution in [0.15, 0.2) is 0 Å². The van der Waals surface area contributed by atoms with Crippen molar-refractivity contribution in [3.8, 4) is 11.8 Å². The van der Waals surface area contributed by atoms with Crippen LogP contribution in [0.3, 0.4) is 0 Å². The third kappa shape index (κ3) is 10.0. The van der Waals surface area contributed by atoms with Gasteiger partial charge in [-0.25, -0.2) is 0 Å². The van der Waals surface area contributed by atoms with E-state index < -0.39 is 0 Å². The highest BCUT2D eigenvalue weighted by atomic mass is 16.5. The van der Waals surface area contributed by atoms with Gasteiger partial charge < -0.3 is 9.64 Å². The van der Waals surface area contributed by atoms with Crippen LogP contribution >= 0.6 is 0 Å². The Kier molecular flexibility index (Phi) is 8.61. The Morgan fingerprint density at radius 2 is 1.48 bits per heavy atom. The van der Waals surface area contributed by atoms with Gasteiger partial charge >= 0.3 is 0 Å². The van der Waals surface area contributed by atoms with Gasteiger partial charge in [0.2, 0.25) is 0 Å². The third-order valence-electron chi connectivity index (χ3n) is 4.14. The van der Waals surface area contributed by atoms with E-state index in [4.69, 9.17) is 4.74 Å². The standard InChI is InChI=1S/C20H38N2O/c1-19(2,3)11-8-7-9-17-23-18-10-12-21-13-15-22(16-14-21)20(4,5)6/h7,9-10,12-18H2,1-6H3. The van der Waals surface area contributed by atoms with E-state index in [0.717, 1.165) is 32.5 Å². The number of hydrogen-bond acceptors (Lipinski definition) is 3. The fourth-order valence-electron chi connectivity index (χ4n) is 2.72. The zero-order valence-electron chi connectivity index (χ0n) is 16.4. The Balaban J connectivity index is 1.97. The first kappa shape index (κ1) is 20.5. The van der Waals surface area contributed by atoms with Crippen molar-refractivity contribution in [2.75, 3.05) is 45.9 Å². The number of unbranched alkanes of at least 4 members (excludes halogenated alkanes) is 1. The molecule has 0 bridgehead atoms. The summed E-state index contributed by atoms with van der Waals surface area (Å²) in [7, 11) is 0. The summed E-state index contributed by atoms with van der Waals surface area (Å²) in [5, 5.41) is 0. The molecular weight excluding hydrogens is 284 g/mol. The minimum atomic E-state index is 0.123. The van der Waals surface area contributed by atoms with Crippen molar-refractivity contribution in [2.24, 2.45) is 5.41 Å². The molecule has 0 aromatic rings. The van der Waals surface area contributed by atoms with E-state index in [0.29, 0.717) is 5.54 Å². The predicted molar refractivity (Wildman–Crippen MR) is 99.7 cm³/mol. The molecule has 0 aromatic heterocycles. The highest BCUT2D eigenvalue weighted by Crippen LogP contribution is 2.15. The summed E-state index contributed by atoms with van der Waals surface area (Å²) in [5.74, 6) is 6.51. The van der Waals surface area contributed by atoms with Gasteiger partial charge in [-0.3, -0.25) is 4.90 Å². The molecule has 0 spiro atoms. The van der Waals surface area contributed by atoms with Gasteiger partial charge in [0.1, 0.15) is 0 Å². The zero-order valence-corrected chi connectivity index (χ0v) is 16.4. The fraction of sp³-hybridized carbons (Fsp3) is 0.900. The van der Waals surface area contributed by atoms with E-state index in [2.05, 4.69) is 63.2 Å². The van der Waals surface area contributed by atoms with Crippen LogP contribution in [0, 0.1) is 17.3 Å². The number of piperazine rings is 1. The lowest BCUT2D eigenvalue weighted by molar-refractivity contribution is 0.0548. The molecule has 0 radical (unpaired) electrons. The molecule has 1 rings (SSSR count). The van der Waals surface area contributed by atoms with Crippen molar-refractivity contribution in [3.63, 3.8) is 0 Å². The zero-order chi connectivity index (χ0) is 17.3. The van der Waals surface area contributed by atoms with Gasteiger partial charge in [-0.15, -0.1) is 5.92 Å². The second kappa shape index (κ2) is 9.67. The first-order valence-corrected chi connectivity index (χ1v) is 9.24. The number of nitrogens with zero attached hydrogens (tertiary/aromatic N) is 2. The maximum absolute atomic E-state index is 5.73. The van der Waals surface area contributed by atoms with Crippen LogP contribution < -0.4 is 0 Å². The predicted octanol–water partition coefficient (Wildman–Crippen LogP) is 3.64. The SMILES string of the molecule is CC(C)(C)C#CCCCOCCCN1CCN(C(C)(C)C)CC1. The van der Waals surface area contributed by atoms with Crippen molar-refractivity contribution in [3.05, 3.63) is 0 Å². The van der Waals surface area contributed by atoms with Crippen molar-refractivity contribution >= 4 is 0 Å². The molecule has 3 heteroatoms. The summed E-state index contributed by atoms with van der Waals surface area (Å²) < 4.78 is 5.73. The van der Waals surface area contributed by atoms with Gasteiger partial charge in [-0.05, 0) is 54.4 Å². The molecular formula is C20H38N2O. The quantitative estimate of drug-likeness (QED) is 0.526. The summed E-state index contributed by atoms with van der Waals surface area (Å²) in [4.78, 5) is 5.15. The van der Waals surface area contributed by atoms with Gasteiger partial charge in [0.15, 0.2) is 0 Å². The summed E-state index contributed by atoms with van der Waals surface area (Å²) in [6.07, 6.45) is 3.14. The Morgan fingerprint density at radius 1 is 0.870 bits per heavy atom. The number of ether oxygens (including phenoxy) is 1. The summed E-state index contributed by atoms with van der Waals surface area (Å²) >= 11 is 0. The van der Waals surface area contributed by atoms with Crippen LogP contribution in [0.5, 0.6) is 0 Å². The molecule has 1 fully saturated rings. The minimum Gasteiger partial charge on any atom is -0.381 e. The van der Waals surface area contributed by atoms with Crippen LogP contribution in [0.25, 0.3) is 0 Å². The molecule has 0 aliphatic carbocycles. The molecule has 23 heavy (non-hydrogen) atoms. The lowest BCUT2D eigenvalue weighted by Gasteiger charge is -2.42. The molecule has 1 aliphatic rings. The Bertz CT molecular complexity index is 373. The maximum atomic E-state index is 5.73. The Labute approximate surface area is 144 Å². The van der Waals surface area contributed by atoms with Gasteiger partial charge in [0, 0.05) is 63.3 Å². The topological polar surface area (TPSA) is 15.7 Å². The van der Waals surface area contributed by atoms with Crippen molar-refractivity contribution in [1.29, 1.82) is 0 Å². The Morgan fingerprint density at radius 3 is 2.04 bits per heavy atom. The average Bonchev–Trinajstić information content (AvgIpc) is 2.44. The monoisotopic (exact) mass is 322 g/mol. The van der Waals surface area contributed by atoms with Crippen LogP contribution in [-0.4, -0.2) is 61.3 Å². The first-order valence-electron chi connectivity index (χ1n) is 9.24. The molecule has 0 unspecified atom stereocenters. The van der Waals surface area contributed by atoms with Crippen molar-refractivity contribution in [1.82, 2.24) is 9.80 Å². The molecule has 1 aliphatic heterocycles. The summed E-state index contributed by atoms with van der Waals surface area (Å²) in [6, 6.07) is 0. The van der Waals surface area contributed by atoms with Gasteiger partial charge in [0.05, 0.1) is 0 Å². The lowest BCUT2D eigenvalue weighted by atomic mass is 9.98. The van der Waals surface area contributed by atoms with E-state index in [1.165, 1.54) is 32.7 Å². The molecule has 0 N–H and O–H groups in total. The maximum Gasteiger partial charge on any atom is 0.0478 e. The largest absolute Gasteiger partial charge is 0.381 e. The molecule has 1 heterocycles. The molecule has 134 valence electrons. The second-order valence-electron chi connectivity index (χ2n) is 8.62.